The Kier molecular flexibility index (Phi) is 7.02. The normalized spacial score (nSPS) is 16.5. The molecule has 0 spiro atoms. The number of aromatic nitrogens is 1. The maximum Gasteiger partial charge on any atom is 0.339 e. The molecule has 1 fully saturated rings. The molecule has 10 heteroatoms. The molecule has 1 atom stereocenters. The van der Waals surface area contributed by atoms with Crippen molar-refractivity contribution in [1.29, 1.82) is 0 Å². The van der Waals surface area contributed by atoms with Crippen LogP contribution >= 0.6 is 0 Å². The van der Waals surface area contributed by atoms with Crippen LogP contribution in [0, 0.1) is 19.8 Å². The molecule has 2 heterocycles. The number of rotatable bonds is 7. The maximum absolute atomic E-state index is 12.8. The Labute approximate surface area is 187 Å². The van der Waals surface area contributed by atoms with E-state index in [4.69, 9.17) is 4.74 Å². The summed E-state index contributed by atoms with van der Waals surface area (Å²) in [6, 6.07) is 6.21. The standard InChI is InChI=1S/C22H27N3O6S/c1-4-31-22(28)16-6-5-9-25(13-16)20-18(21(26)27)11-17(12-23-20)24-32(29,30)19-8-7-14(2)10-15(19)3/h7-8,10-12,16,24H,4-6,9,13H2,1-3H3,(H,26,27). The van der Waals surface area contributed by atoms with Gasteiger partial charge in [-0.05, 0) is 51.3 Å². The number of pyridine rings is 1. The van der Waals surface area contributed by atoms with Gasteiger partial charge in [0.05, 0.1) is 29.3 Å². The number of aryl methyl sites for hydroxylation is 2. The van der Waals surface area contributed by atoms with Crippen LogP contribution in [0.1, 0.15) is 41.3 Å². The summed E-state index contributed by atoms with van der Waals surface area (Å²) in [7, 11) is -3.92. The number of piperidine rings is 1. The fourth-order valence-corrected chi connectivity index (χ4v) is 5.12. The zero-order valence-corrected chi connectivity index (χ0v) is 19.1. The first-order valence-corrected chi connectivity index (χ1v) is 11.9. The Morgan fingerprint density at radius 3 is 2.69 bits per heavy atom. The van der Waals surface area contributed by atoms with Crippen molar-refractivity contribution in [1.82, 2.24) is 4.98 Å². The van der Waals surface area contributed by atoms with E-state index in [0.717, 1.165) is 5.56 Å². The number of carbonyl (C=O) groups excluding carboxylic acids is 1. The summed E-state index contributed by atoms with van der Waals surface area (Å²) in [5.41, 5.74) is 1.42. The average Bonchev–Trinajstić information content (AvgIpc) is 2.73. The molecule has 1 aromatic carbocycles. The number of benzene rings is 1. The van der Waals surface area contributed by atoms with Crippen LogP contribution in [0.3, 0.4) is 0 Å². The van der Waals surface area contributed by atoms with Crippen LogP contribution in [0.4, 0.5) is 11.5 Å². The third-order valence-electron chi connectivity index (χ3n) is 5.31. The Morgan fingerprint density at radius 1 is 1.28 bits per heavy atom. The summed E-state index contributed by atoms with van der Waals surface area (Å²) in [5.74, 6) is -1.72. The molecule has 0 amide bonds. The minimum Gasteiger partial charge on any atom is -0.478 e. The third-order valence-corrected chi connectivity index (χ3v) is 6.85. The molecule has 1 aromatic heterocycles. The van der Waals surface area contributed by atoms with E-state index in [1.165, 1.54) is 18.3 Å². The van der Waals surface area contributed by atoms with Crippen LogP contribution in [0.15, 0.2) is 35.4 Å². The van der Waals surface area contributed by atoms with Crippen LogP contribution in [0.2, 0.25) is 0 Å². The van der Waals surface area contributed by atoms with Crippen molar-refractivity contribution < 1.29 is 27.9 Å². The van der Waals surface area contributed by atoms with Gasteiger partial charge >= 0.3 is 11.9 Å². The molecule has 1 aliphatic rings. The number of hydrogen-bond donors (Lipinski definition) is 2. The van der Waals surface area contributed by atoms with Crippen LogP contribution < -0.4 is 9.62 Å². The van der Waals surface area contributed by atoms with Crippen molar-refractivity contribution in [2.24, 2.45) is 5.92 Å². The second-order valence-corrected chi connectivity index (χ2v) is 9.46. The van der Waals surface area contributed by atoms with Gasteiger partial charge in [-0.15, -0.1) is 0 Å². The van der Waals surface area contributed by atoms with Crippen LogP contribution in [0.25, 0.3) is 0 Å². The molecule has 3 rings (SSSR count). The lowest BCUT2D eigenvalue weighted by Crippen LogP contribution is -2.40. The molecule has 0 bridgehead atoms. The Balaban J connectivity index is 1.88. The molecular formula is C22H27N3O6S. The highest BCUT2D eigenvalue weighted by Gasteiger charge is 2.30. The number of sulfonamides is 1. The zero-order chi connectivity index (χ0) is 23.5. The number of anilines is 2. The summed E-state index contributed by atoms with van der Waals surface area (Å²) in [6.07, 6.45) is 2.63. The Hall–Kier alpha value is -3.14. The minimum absolute atomic E-state index is 0.0464. The summed E-state index contributed by atoms with van der Waals surface area (Å²) in [5, 5.41) is 9.73. The molecule has 32 heavy (non-hydrogen) atoms. The zero-order valence-electron chi connectivity index (χ0n) is 18.3. The predicted molar refractivity (Wildman–Crippen MR) is 119 cm³/mol. The first kappa shape index (κ1) is 23.5. The van der Waals surface area contributed by atoms with Crippen molar-refractivity contribution in [2.45, 2.75) is 38.5 Å². The fraction of sp³-hybridized carbons (Fsp3) is 0.409. The number of ether oxygens (including phenoxy) is 1. The van der Waals surface area contributed by atoms with Gasteiger partial charge in [0.25, 0.3) is 10.0 Å². The lowest BCUT2D eigenvalue weighted by Gasteiger charge is -2.33. The summed E-state index contributed by atoms with van der Waals surface area (Å²) in [4.78, 5) is 30.1. The van der Waals surface area contributed by atoms with Crippen LogP contribution in [-0.2, 0) is 19.6 Å². The first-order chi connectivity index (χ1) is 15.1. The van der Waals surface area contributed by atoms with Crippen LogP contribution in [0.5, 0.6) is 0 Å². The van der Waals surface area contributed by atoms with Gasteiger partial charge < -0.3 is 14.7 Å². The molecule has 2 aromatic rings. The highest BCUT2D eigenvalue weighted by Crippen LogP contribution is 2.28. The van der Waals surface area contributed by atoms with Gasteiger partial charge in [0.2, 0.25) is 0 Å². The predicted octanol–water partition coefficient (Wildman–Crippen LogP) is 2.98. The monoisotopic (exact) mass is 461 g/mol. The summed E-state index contributed by atoms with van der Waals surface area (Å²) in [6.45, 7) is 6.41. The van der Waals surface area contributed by atoms with Crippen molar-refractivity contribution in [3.63, 3.8) is 0 Å². The van der Waals surface area contributed by atoms with E-state index in [1.54, 1.807) is 30.9 Å². The highest BCUT2D eigenvalue weighted by atomic mass is 32.2. The van der Waals surface area contributed by atoms with E-state index in [0.29, 0.717) is 31.5 Å². The number of esters is 1. The van der Waals surface area contributed by atoms with E-state index in [-0.39, 0.29) is 40.5 Å². The quantitative estimate of drug-likeness (QED) is 0.603. The SMILES string of the molecule is CCOC(=O)C1CCCN(c2ncc(NS(=O)(=O)c3ccc(C)cc3C)cc2C(=O)O)C1. The van der Waals surface area contributed by atoms with Crippen LogP contribution in [-0.4, -0.2) is 50.1 Å². The third kappa shape index (κ3) is 5.18. The number of carboxylic acid groups (broad SMARTS) is 1. The van der Waals surface area contributed by atoms with Crippen molar-refractivity contribution in [3.05, 3.63) is 47.2 Å². The molecule has 1 saturated heterocycles. The molecule has 1 unspecified atom stereocenters. The second-order valence-electron chi connectivity index (χ2n) is 7.81. The second kappa shape index (κ2) is 9.56. The topological polar surface area (TPSA) is 126 Å². The van der Waals surface area contributed by atoms with Gasteiger partial charge in [0.15, 0.2) is 0 Å². The van der Waals surface area contributed by atoms with Crippen molar-refractivity contribution in [2.75, 3.05) is 29.3 Å². The van der Waals surface area contributed by atoms with Crippen molar-refractivity contribution >= 4 is 33.5 Å². The molecule has 172 valence electrons. The molecule has 2 N–H and O–H groups in total. The van der Waals surface area contributed by atoms with Gasteiger partial charge in [-0.2, -0.15) is 0 Å². The number of hydrogen-bond acceptors (Lipinski definition) is 7. The van der Waals surface area contributed by atoms with E-state index < -0.39 is 16.0 Å². The van der Waals surface area contributed by atoms with Gasteiger partial charge in [-0.25, -0.2) is 18.2 Å². The Bertz CT molecular complexity index is 1130. The number of carbonyl (C=O) groups is 2. The molecule has 0 aliphatic carbocycles. The number of aromatic carboxylic acids is 1. The number of nitrogens with one attached hydrogen (secondary N) is 1. The van der Waals surface area contributed by atoms with Gasteiger partial charge in [-0.3, -0.25) is 9.52 Å². The summed E-state index contributed by atoms with van der Waals surface area (Å²) >= 11 is 0. The maximum atomic E-state index is 12.8. The lowest BCUT2D eigenvalue weighted by atomic mass is 9.98. The number of carboxylic acids is 1. The fourth-order valence-electron chi connectivity index (χ4n) is 3.86. The van der Waals surface area contributed by atoms with Gasteiger partial charge in [-0.1, -0.05) is 17.7 Å². The first-order valence-electron chi connectivity index (χ1n) is 10.4. The van der Waals surface area contributed by atoms with Gasteiger partial charge in [0, 0.05) is 13.1 Å². The minimum atomic E-state index is -3.92. The number of nitrogens with zero attached hydrogens (tertiary/aromatic N) is 2. The Morgan fingerprint density at radius 2 is 2.03 bits per heavy atom. The van der Waals surface area contributed by atoms with Gasteiger partial charge in [0.1, 0.15) is 11.4 Å². The molecular weight excluding hydrogens is 434 g/mol. The lowest BCUT2D eigenvalue weighted by molar-refractivity contribution is -0.148. The molecule has 9 nitrogen and oxygen atoms in total. The average molecular weight is 462 g/mol. The molecule has 0 radical (unpaired) electrons. The van der Waals surface area contributed by atoms with E-state index in [9.17, 15) is 23.1 Å². The van der Waals surface area contributed by atoms with E-state index in [1.807, 2.05) is 6.92 Å². The largest absolute Gasteiger partial charge is 0.478 e. The van der Waals surface area contributed by atoms with E-state index >= 15 is 0 Å². The molecule has 0 saturated carbocycles. The molecule has 1 aliphatic heterocycles. The highest BCUT2D eigenvalue weighted by molar-refractivity contribution is 7.92. The summed E-state index contributed by atoms with van der Waals surface area (Å²) < 4.78 is 33.2. The smallest absolute Gasteiger partial charge is 0.339 e. The van der Waals surface area contributed by atoms with E-state index in [2.05, 4.69) is 9.71 Å². The van der Waals surface area contributed by atoms with Crippen molar-refractivity contribution in [3.8, 4) is 0 Å².